The lowest BCUT2D eigenvalue weighted by molar-refractivity contribution is 0.0700. The van der Waals surface area contributed by atoms with Crippen LogP contribution in [0.4, 0.5) is 0 Å². The van der Waals surface area contributed by atoms with Crippen LogP contribution in [-0.4, -0.2) is 38.7 Å². The van der Waals surface area contributed by atoms with E-state index in [-0.39, 0.29) is 5.91 Å². The fourth-order valence-corrected chi connectivity index (χ4v) is 3.56. The lowest BCUT2D eigenvalue weighted by Crippen LogP contribution is -2.39. The third-order valence-electron chi connectivity index (χ3n) is 3.82. The first kappa shape index (κ1) is 14.3. The Kier molecular flexibility index (Phi) is 4.34. The zero-order chi connectivity index (χ0) is 14.7. The molecule has 112 valence electrons. The maximum atomic E-state index is 12.6. The Hall–Kier alpha value is -1.69. The summed E-state index contributed by atoms with van der Waals surface area (Å²) in [5, 5.41) is 7.52. The second-order valence-corrected chi connectivity index (χ2v) is 6.35. The predicted molar refractivity (Wildman–Crippen MR) is 82.5 cm³/mol. The van der Waals surface area contributed by atoms with Gasteiger partial charge in [0.05, 0.1) is 5.01 Å². The Bertz CT molecular complexity index is 593. The van der Waals surface area contributed by atoms with E-state index in [0.717, 1.165) is 43.9 Å². The first-order valence-corrected chi connectivity index (χ1v) is 8.38. The average Bonchev–Trinajstić information content (AvgIpc) is 3.18. The molecule has 2 aromatic heterocycles. The van der Waals surface area contributed by atoms with Gasteiger partial charge in [0.25, 0.3) is 5.91 Å². The molecule has 0 unspecified atom stereocenters. The number of carbonyl (C=O) groups excluding carboxylic acids is 1. The molecule has 3 heterocycles. The summed E-state index contributed by atoms with van der Waals surface area (Å²) in [6.07, 6.45) is 6.89. The lowest BCUT2D eigenvalue weighted by Gasteiger charge is -2.31. The van der Waals surface area contributed by atoms with Crippen molar-refractivity contribution < 1.29 is 4.79 Å². The maximum Gasteiger partial charge on any atom is 0.274 e. The van der Waals surface area contributed by atoms with Gasteiger partial charge in [-0.1, -0.05) is 6.92 Å². The van der Waals surface area contributed by atoms with Crippen molar-refractivity contribution >= 4 is 17.2 Å². The normalized spacial score (nSPS) is 18.9. The van der Waals surface area contributed by atoms with E-state index >= 15 is 0 Å². The van der Waals surface area contributed by atoms with Crippen LogP contribution in [-0.2, 0) is 6.54 Å². The van der Waals surface area contributed by atoms with Gasteiger partial charge < -0.3 is 4.90 Å². The van der Waals surface area contributed by atoms with Crippen molar-refractivity contribution in [2.75, 3.05) is 13.1 Å². The zero-order valence-corrected chi connectivity index (χ0v) is 13.1. The third kappa shape index (κ3) is 3.15. The Labute approximate surface area is 128 Å². The van der Waals surface area contributed by atoms with E-state index in [1.807, 2.05) is 33.4 Å². The summed E-state index contributed by atoms with van der Waals surface area (Å²) < 4.78 is 1.84. The van der Waals surface area contributed by atoms with E-state index in [2.05, 4.69) is 17.0 Å². The standard InChI is InChI=1S/C15H20N4OS/c1-2-7-19-9-5-13(17-19)15(20)18-8-3-4-12(11-18)14-16-6-10-21-14/h5-6,9-10,12H,2-4,7-8,11H2,1H3/t12-/m1/s1. The molecule has 1 aliphatic heterocycles. The van der Waals surface area contributed by atoms with Crippen molar-refractivity contribution in [1.82, 2.24) is 19.7 Å². The van der Waals surface area contributed by atoms with Crippen molar-refractivity contribution in [3.8, 4) is 0 Å². The number of carbonyl (C=O) groups is 1. The molecule has 1 atom stereocenters. The van der Waals surface area contributed by atoms with E-state index in [9.17, 15) is 4.79 Å². The molecule has 0 saturated carbocycles. The summed E-state index contributed by atoms with van der Waals surface area (Å²) in [6, 6.07) is 1.82. The largest absolute Gasteiger partial charge is 0.337 e. The SMILES string of the molecule is CCCn1ccc(C(=O)N2CCC[C@@H](c3nccs3)C2)n1. The van der Waals surface area contributed by atoms with Gasteiger partial charge in [0.2, 0.25) is 0 Å². The van der Waals surface area contributed by atoms with Gasteiger partial charge in [0.15, 0.2) is 0 Å². The van der Waals surface area contributed by atoms with E-state index in [1.54, 1.807) is 11.3 Å². The van der Waals surface area contributed by atoms with Gasteiger partial charge in [0.1, 0.15) is 5.69 Å². The van der Waals surface area contributed by atoms with Crippen LogP contribution in [0.5, 0.6) is 0 Å². The minimum absolute atomic E-state index is 0.0473. The molecule has 6 heteroatoms. The van der Waals surface area contributed by atoms with E-state index < -0.39 is 0 Å². The number of thiazole rings is 1. The summed E-state index contributed by atoms with van der Waals surface area (Å²) in [5.41, 5.74) is 0.559. The summed E-state index contributed by atoms with van der Waals surface area (Å²) in [7, 11) is 0. The number of aryl methyl sites for hydroxylation is 1. The highest BCUT2D eigenvalue weighted by molar-refractivity contribution is 7.09. The highest BCUT2D eigenvalue weighted by Gasteiger charge is 2.27. The lowest BCUT2D eigenvalue weighted by atomic mass is 9.98. The minimum Gasteiger partial charge on any atom is -0.337 e. The molecule has 1 amide bonds. The number of aromatic nitrogens is 3. The minimum atomic E-state index is 0.0473. The maximum absolute atomic E-state index is 12.6. The van der Waals surface area contributed by atoms with Gasteiger partial charge in [-0.05, 0) is 25.3 Å². The number of piperidine rings is 1. The molecule has 0 N–H and O–H groups in total. The first-order valence-electron chi connectivity index (χ1n) is 7.50. The molecule has 1 aliphatic rings. The molecule has 0 spiro atoms. The van der Waals surface area contributed by atoms with Crippen LogP contribution in [0.25, 0.3) is 0 Å². The van der Waals surface area contributed by atoms with Crippen molar-refractivity contribution in [1.29, 1.82) is 0 Å². The molecular formula is C15H20N4OS. The van der Waals surface area contributed by atoms with Gasteiger partial charge in [-0.15, -0.1) is 11.3 Å². The second-order valence-electron chi connectivity index (χ2n) is 5.42. The quantitative estimate of drug-likeness (QED) is 0.872. The highest BCUT2D eigenvalue weighted by Crippen LogP contribution is 2.28. The number of likely N-dealkylation sites (tertiary alicyclic amines) is 1. The summed E-state index contributed by atoms with van der Waals surface area (Å²) in [5.74, 6) is 0.423. The van der Waals surface area contributed by atoms with Gasteiger partial charge in [-0.2, -0.15) is 5.10 Å². The number of hydrogen-bond donors (Lipinski definition) is 0. The van der Waals surface area contributed by atoms with Gasteiger partial charge >= 0.3 is 0 Å². The number of amides is 1. The van der Waals surface area contributed by atoms with Crippen molar-refractivity contribution in [2.24, 2.45) is 0 Å². The van der Waals surface area contributed by atoms with E-state index in [4.69, 9.17) is 0 Å². The number of hydrogen-bond acceptors (Lipinski definition) is 4. The molecule has 1 fully saturated rings. The van der Waals surface area contributed by atoms with Crippen molar-refractivity contribution in [3.63, 3.8) is 0 Å². The number of rotatable bonds is 4. The van der Waals surface area contributed by atoms with Crippen molar-refractivity contribution in [3.05, 3.63) is 34.5 Å². The van der Waals surface area contributed by atoms with Crippen LogP contribution < -0.4 is 0 Å². The summed E-state index contributed by atoms with van der Waals surface area (Å²) >= 11 is 1.68. The Balaban J connectivity index is 1.68. The molecule has 3 rings (SSSR count). The molecule has 21 heavy (non-hydrogen) atoms. The molecule has 5 nitrogen and oxygen atoms in total. The average molecular weight is 304 g/mol. The summed E-state index contributed by atoms with van der Waals surface area (Å²) in [6.45, 7) is 4.54. The summed E-state index contributed by atoms with van der Waals surface area (Å²) in [4.78, 5) is 18.9. The van der Waals surface area contributed by atoms with E-state index in [1.165, 1.54) is 0 Å². The smallest absolute Gasteiger partial charge is 0.274 e. The topological polar surface area (TPSA) is 51.0 Å². The van der Waals surface area contributed by atoms with Crippen molar-refractivity contribution in [2.45, 2.75) is 38.6 Å². The Morgan fingerprint density at radius 2 is 2.43 bits per heavy atom. The highest BCUT2D eigenvalue weighted by atomic mass is 32.1. The van der Waals surface area contributed by atoms with E-state index in [0.29, 0.717) is 11.6 Å². The third-order valence-corrected chi connectivity index (χ3v) is 4.76. The fourth-order valence-electron chi connectivity index (χ4n) is 2.79. The van der Waals surface area contributed by atoms with Gasteiger partial charge in [-0.25, -0.2) is 4.98 Å². The zero-order valence-electron chi connectivity index (χ0n) is 12.2. The molecule has 1 saturated heterocycles. The molecule has 2 aromatic rings. The second kappa shape index (κ2) is 6.39. The molecule has 0 bridgehead atoms. The van der Waals surface area contributed by atoms with Crippen LogP contribution in [0.2, 0.25) is 0 Å². The first-order chi connectivity index (χ1) is 10.3. The van der Waals surface area contributed by atoms with Gasteiger partial charge in [0, 0.05) is 43.3 Å². The van der Waals surface area contributed by atoms with Crippen LogP contribution in [0.3, 0.4) is 0 Å². The predicted octanol–water partition coefficient (Wildman–Crippen LogP) is 2.77. The fraction of sp³-hybridized carbons (Fsp3) is 0.533. The molecule has 0 aromatic carbocycles. The molecular weight excluding hydrogens is 284 g/mol. The Morgan fingerprint density at radius 3 is 3.19 bits per heavy atom. The van der Waals surface area contributed by atoms with Crippen LogP contribution in [0.15, 0.2) is 23.8 Å². The van der Waals surface area contributed by atoms with Crippen LogP contribution in [0, 0.1) is 0 Å². The Morgan fingerprint density at radius 1 is 1.52 bits per heavy atom. The molecule has 0 radical (unpaired) electrons. The van der Waals surface area contributed by atoms with Crippen LogP contribution in [0.1, 0.15) is 47.6 Å². The monoisotopic (exact) mass is 304 g/mol. The van der Waals surface area contributed by atoms with Crippen LogP contribution >= 0.6 is 11.3 Å². The molecule has 0 aliphatic carbocycles. The number of nitrogens with zero attached hydrogens (tertiary/aromatic N) is 4. The van der Waals surface area contributed by atoms with Gasteiger partial charge in [-0.3, -0.25) is 9.48 Å².